The van der Waals surface area contributed by atoms with Gasteiger partial charge in [-0.3, -0.25) is 4.99 Å². The lowest BCUT2D eigenvalue weighted by Gasteiger charge is -2.17. The van der Waals surface area contributed by atoms with Gasteiger partial charge in [-0.2, -0.15) is 13.2 Å². The molecule has 0 radical (unpaired) electrons. The number of alkyl halides is 3. The maximum Gasteiger partial charge on any atom is 0.416 e. The van der Waals surface area contributed by atoms with Crippen LogP contribution in [0.5, 0.6) is 5.75 Å². The number of hydrogen-bond donors (Lipinski definition) is 0. The van der Waals surface area contributed by atoms with Crippen molar-refractivity contribution in [3.05, 3.63) is 101 Å². The van der Waals surface area contributed by atoms with Gasteiger partial charge in [-0.1, -0.05) is 64.7 Å². The fraction of sp³-hybridized carbons (Fsp3) is 0.296. The van der Waals surface area contributed by atoms with Crippen LogP contribution in [0.15, 0.2) is 83.7 Å². The lowest BCUT2D eigenvalue weighted by molar-refractivity contribution is -0.137. The predicted molar refractivity (Wildman–Crippen MR) is 135 cm³/mol. The Morgan fingerprint density at radius 1 is 1.18 bits per heavy atom. The molecular weight excluding hydrogens is 461 g/mol. The molecule has 0 aliphatic heterocycles. The molecule has 34 heavy (non-hydrogen) atoms. The molecule has 0 bridgehead atoms. The molecule has 2 aromatic carbocycles. The van der Waals surface area contributed by atoms with Gasteiger partial charge in [0.15, 0.2) is 0 Å². The summed E-state index contributed by atoms with van der Waals surface area (Å²) >= 11 is 0. The lowest BCUT2D eigenvalue weighted by Crippen LogP contribution is -2.08. The third-order valence-corrected chi connectivity index (χ3v) is 5.79. The molecule has 0 saturated carbocycles. The van der Waals surface area contributed by atoms with Crippen LogP contribution in [-0.4, -0.2) is 19.1 Å². The van der Waals surface area contributed by atoms with Crippen LogP contribution >= 0.6 is 9.24 Å². The number of hydrogen-bond acceptors (Lipinski definition) is 2. The Kier molecular flexibility index (Phi) is 10.2. The second kappa shape index (κ2) is 12.7. The highest BCUT2D eigenvalue weighted by atomic mass is 31.0. The summed E-state index contributed by atoms with van der Waals surface area (Å²) in [5, 5.41) is 0. The molecule has 0 aliphatic carbocycles. The van der Waals surface area contributed by atoms with Gasteiger partial charge < -0.3 is 4.74 Å². The van der Waals surface area contributed by atoms with Crippen molar-refractivity contribution in [2.75, 3.05) is 13.7 Å². The van der Waals surface area contributed by atoms with E-state index in [2.05, 4.69) is 20.8 Å². The summed E-state index contributed by atoms with van der Waals surface area (Å²) in [5.74, 6) is 0.0266. The van der Waals surface area contributed by atoms with Gasteiger partial charge in [0.25, 0.3) is 0 Å². The third-order valence-electron chi connectivity index (χ3n) is 5.27. The van der Waals surface area contributed by atoms with E-state index in [1.54, 1.807) is 12.2 Å². The van der Waals surface area contributed by atoms with E-state index in [9.17, 15) is 17.6 Å². The Morgan fingerprint density at radius 2 is 1.85 bits per heavy atom. The Morgan fingerprint density at radius 3 is 2.44 bits per heavy atom. The first-order valence-electron chi connectivity index (χ1n) is 10.8. The van der Waals surface area contributed by atoms with Gasteiger partial charge in [0, 0.05) is 6.54 Å². The van der Waals surface area contributed by atoms with E-state index in [0.717, 1.165) is 34.3 Å². The molecule has 0 aliphatic rings. The maximum absolute atomic E-state index is 13.1. The van der Waals surface area contributed by atoms with Crippen LogP contribution in [0.1, 0.15) is 48.4 Å². The molecule has 2 nitrogen and oxygen atoms in total. The van der Waals surface area contributed by atoms with Crippen LogP contribution < -0.4 is 4.74 Å². The largest absolute Gasteiger partial charge is 0.496 e. The van der Waals surface area contributed by atoms with Crippen LogP contribution in [0.3, 0.4) is 0 Å². The monoisotopic (exact) mass is 491 g/mol. The quantitative estimate of drug-likeness (QED) is 0.143. The van der Waals surface area contributed by atoms with E-state index < -0.39 is 11.7 Å². The van der Waals surface area contributed by atoms with E-state index in [1.165, 1.54) is 26.2 Å². The fourth-order valence-electron chi connectivity index (χ4n) is 3.35. The molecule has 0 spiro atoms. The molecule has 0 amide bonds. The van der Waals surface area contributed by atoms with Crippen LogP contribution in [0, 0.1) is 0 Å². The molecule has 2 rings (SSSR count). The Labute approximate surface area is 201 Å². The van der Waals surface area contributed by atoms with Gasteiger partial charge in [-0.15, -0.1) is 0 Å². The second-order valence-corrected chi connectivity index (χ2v) is 8.60. The zero-order valence-corrected chi connectivity index (χ0v) is 20.8. The number of nitrogens with zero attached hydrogens (tertiary/aromatic N) is 1. The van der Waals surface area contributed by atoms with E-state index >= 15 is 0 Å². The summed E-state index contributed by atoms with van der Waals surface area (Å²) in [7, 11) is 4.07. The van der Waals surface area contributed by atoms with Crippen LogP contribution in [-0.2, 0) is 12.6 Å². The number of allylic oxidation sites excluding steroid dienone is 5. The first kappa shape index (κ1) is 27.5. The predicted octanol–water partition coefficient (Wildman–Crippen LogP) is 8.06. The van der Waals surface area contributed by atoms with Crippen molar-refractivity contribution >= 4 is 14.7 Å². The molecule has 2 aromatic rings. The van der Waals surface area contributed by atoms with E-state index in [4.69, 9.17) is 4.74 Å². The molecule has 2 unspecified atom stereocenters. The van der Waals surface area contributed by atoms with Gasteiger partial charge in [-0.05, 0) is 66.6 Å². The van der Waals surface area contributed by atoms with E-state index in [0.29, 0.717) is 30.7 Å². The average molecular weight is 492 g/mol. The number of ether oxygens (including phenoxy) is 1. The van der Waals surface area contributed by atoms with Gasteiger partial charge in [0.1, 0.15) is 5.75 Å². The molecule has 0 aromatic heterocycles. The van der Waals surface area contributed by atoms with Crippen LogP contribution in [0.25, 0.3) is 0 Å². The highest BCUT2D eigenvalue weighted by Gasteiger charge is 2.31. The number of aliphatic imine (C=N–C) groups is 1. The minimum absolute atomic E-state index is 0.156. The molecule has 7 heteroatoms. The molecule has 182 valence electrons. The number of methoxy groups -OCH3 is 1. The minimum Gasteiger partial charge on any atom is -0.496 e. The van der Waals surface area contributed by atoms with Gasteiger partial charge in [0.05, 0.1) is 24.0 Å². The van der Waals surface area contributed by atoms with Crippen molar-refractivity contribution in [1.29, 1.82) is 0 Å². The molecule has 0 heterocycles. The summed E-state index contributed by atoms with van der Waals surface area (Å²) in [4.78, 5) is 4.58. The summed E-state index contributed by atoms with van der Waals surface area (Å²) in [6.07, 6.45) is 1.62. The Bertz CT molecular complexity index is 1070. The topological polar surface area (TPSA) is 21.6 Å². The summed E-state index contributed by atoms with van der Waals surface area (Å²) in [6, 6.07) is 11.5. The van der Waals surface area contributed by atoms with Crippen molar-refractivity contribution in [1.82, 2.24) is 0 Å². The van der Waals surface area contributed by atoms with Crippen molar-refractivity contribution in [3.63, 3.8) is 0 Å². The zero-order valence-electron chi connectivity index (χ0n) is 19.6. The molecule has 2 atom stereocenters. The zero-order chi connectivity index (χ0) is 25.3. The van der Waals surface area contributed by atoms with Gasteiger partial charge >= 0.3 is 6.18 Å². The highest BCUT2D eigenvalue weighted by Crippen LogP contribution is 2.36. The lowest BCUT2D eigenvalue weighted by atomic mass is 9.95. The van der Waals surface area contributed by atoms with Crippen LogP contribution in [0.4, 0.5) is 17.6 Å². The summed E-state index contributed by atoms with van der Waals surface area (Å²) in [6.45, 7) is 7.70. The second-order valence-electron chi connectivity index (χ2n) is 8.06. The molecule has 0 saturated heterocycles. The SMILES string of the molecule is C=C(/C=C\C=C(/C)F)Cc1ccc(C(P)=NCCC(C)c2cc(C(F)(F)F)ccc2OC)cc1. The third kappa shape index (κ3) is 8.57. The Balaban J connectivity index is 2.00. The first-order chi connectivity index (χ1) is 16.0. The molecule has 0 fully saturated rings. The molecular formula is C27H30F4NOP. The smallest absolute Gasteiger partial charge is 0.416 e. The van der Waals surface area contributed by atoms with Crippen LogP contribution in [0.2, 0.25) is 0 Å². The summed E-state index contributed by atoms with van der Waals surface area (Å²) in [5.41, 5.74) is 3.49. The van der Waals surface area contributed by atoms with Gasteiger partial charge in [0.2, 0.25) is 0 Å². The van der Waals surface area contributed by atoms with Crippen molar-refractivity contribution < 1.29 is 22.3 Å². The first-order valence-corrected chi connectivity index (χ1v) is 11.4. The Hall–Kier alpha value is -2.72. The maximum atomic E-state index is 13.1. The number of rotatable bonds is 10. The summed E-state index contributed by atoms with van der Waals surface area (Å²) < 4.78 is 57.3. The van der Waals surface area contributed by atoms with E-state index in [1.807, 2.05) is 31.2 Å². The van der Waals surface area contributed by atoms with Crippen molar-refractivity contribution in [2.24, 2.45) is 4.99 Å². The normalized spacial score (nSPS) is 13.9. The number of benzene rings is 2. The van der Waals surface area contributed by atoms with E-state index in [-0.39, 0.29) is 11.7 Å². The average Bonchev–Trinajstić information content (AvgIpc) is 2.78. The molecule has 0 N–H and O–H groups in total. The van der Waals surface area contributed by atoms with Gasteiger partial charge in [-0.25, -0.2) is 4.39 Å². The standard InChI is InChI=1S/C27H30F4NOP/c1-18(6-5-7-20(3)28)16-21-8-10-22(11-9-21)26(34)32-15-14-19(2)24-17-23(27(29,30)31)12-13-25(24)33-4/h5-13,17,19H,1,14-16,34H2,2-4H3/b6-5-,20-7+,32-26?. The van der Waals surface area contributed by atoms with Crippen molar-refractivity contribution in [3.8, 4) is 5.75 Å². The highest BCUT2D eigenvalue weighted by molar-refractivity contribution is 7.42. The number of halogens is 4. The van der Waals surface area contributed by atoms with Crippen molar-refractivity contribution in [2.45, 2.75) is 38.8 Å². The minimum atomic E-state index is -4.40. The fourth-order valence-corrected chi connectivity index (χ4v) is 3.67.